The number of halogens is 1. The number of amides is 1. The van der Waals surface area contributed by atoms with E-state index in [9.17, 15) is 17.6 Å². The lowest BCUT2D eigenvalue weighted by molar-refractivity contribution is -0.116. The van der Waals surface area contributed by atoms with E-state index >= 15 is 0 Å². The van der Waals surface area contributed by atoms with E-state index in [1.54, 1.807) is 17.8 Å². The average molecular weight is 391 g/mol. The van der Waals surface area contributed by atoms with E-state index in [1.807, 2.05) is 6.92 Å². The van der Waals surface area contributed by atoms with Crippen molar-refractivity contribution in [2.75, 3.05) is 18.9 Å². The highest BCUT2D eigenvalue weighted by molar-refractivity contribution is 7.89. The minimum Gasteiger partial charge on any atom is -0.324 e. The molecule has 3 aromatic rings. The van der Waals surface area contributed by atoms with Crippen molar-refractivity contribution in [3.05, 3.63) is 48.0 Å². The van der Waals surface area contributed by atoms with E-state index in [0.29, 0.717) is 11.3 Å². The summed E-state index contributed by atoms with van der Waals surface area (Å²) in [7, 11) is -0.848. The molecule has 1 amide bonds. The van der Waals surface area contributed by atoms with Gasteiger partial charge in [0.25, 0.3) is 0 Å². The Morgan fingerprint density at radius 1 is 1.30 bits per heavy atom. The van der Waals surface area contributed by atoms with Gasteiger partial charge in [-0.25, -0.2) is 17.8 Å². The maximum Gasteiger partial charge on any atom is 0.243 e. The normalized spacial score (nSPS) is 11.9. The van der Waals surface area contributed by atoms with Crippen LogP contribution in [-0.2, 0) is 21.9 Å². The number of anilines is 1. The molecule has 3 rings (SSSR count). The molecule has 0 aliphatic rings. The summed E-state index contributed by atoms with van der Waals surface area (Å²) in [5.41, 5.74) is 1.89. The molecule has 0 aliphatic heterocycles. The molecule has 8 nitrogen and oxygen atoms in total. The van der Waals surface area contributed by atoms with Crippen molar-refractivity contribution in [2.45, 2.75) is 11.8 Å². The van der Waals surface area contributed by atoms with Crippen LogP contribution in [0.2, 0.25) is 0 Å². The zero-order valence-corrected chi connectivity index (χ0v) is 15.8. The van der Waals surface area contributed by atoms with E-state index in [1.165, 1.54) is 13.2 Å². The first-order valence-corrected chi connectivity index (χ1v) is 9.43. The fourth-order valence-corrected chi connectivity index (χ4v) is 3.78. The average Bonchev–Trinajstić information content (AvgIpc) is 2.89. The first-order chi connectivity index (χ1) is 12.7. The van der Waals surface area contributed by atoms with Gasteiger partial charge in [0.15, 0.2) is 5.65 Å². The van der Waals surface area contributed by atoms with Crippen LogP contribution in [-0.4, -0.2) is 47.0 Å². The number of sulfonamides is 1. The van der Waals surface area contributed by atoms with Crippen molar-refractivity contribution >= 4 is 32.7 Å². The molecule has 2 aromatic heterocycles. The monoisotopic (exact) mass is 391 g/mol. The lowest BCUT2D eigenvalue weighted by Gasteiger charge is -2.17. The number of rotatable bonds is 5. The fraction of sp³-hybridized carbons (Fsp3) is 0.235. The molecule has 142 valence electrons. The molecule has 1 aromatic carbocycles. The van der Waals surface area contributed by atoms with Crippen LogP contribution >= 0.6 is 0 Å². The van der Waals surface area contributed by atoms with Gasteiger partial charge < -0.3 is 5.32 Å². The van der Waals surface area contributed by atoms with Crippen molar-refractivity contribution in [1.82, 2.24) is 19.1 Å². The third-order valence-electron chi connectivity index (χ3n) is 4.03. The molecule has 27 heavy (non-hydrogen) atoms. The SMILES string of the molecule is Cc1nn(C)c2ncc(NC(=O)CN(C)S(=O)(=O)c3ccc(F)cc3)cc12. The number of fused-ring (bicyclic) bond motifs is 1. The number of aromatic nitrogens is 3. The summed E-state index contributed by atoms with van der Waals surface area (Å²) < 4.78 is 40.4. The number of aryl methyl sites for hydroxylation is 2. The first-order valence-electron chi connectivity index (χ1n) is 7.99. The summed E-state index contributed by atoms with van der Waals surface area (Å²) in [6, 6.07) is 6.15. The van der Waals surface area contributed by atoms with Crippen LogP contribution in [0, 0.1) is 12.7 Å². The van der Waals surface area contributed by atoms with Crippen LogP contribution in [0.3, 0.4) is 0 Å². The van der Waals surface area contributed by atoms with Gasteiger partial charge in [-0.15, -0.1) is 0 Å². The van der Waals surface area contributed by atoms with Gasteiger partial charge in [-0.05, 0) is 37.3 Å². The number of nitrogens with one attached hydrogen (secondary N) is 1. The Labute approximate surface area is 155 Å². The smallest absolute Gasteiger partial charge is 0.243 e. The van der Waals surface area contributed by atoms with Gasteiger partial charge >= 0.3 is 0 Å². The number of carbonyl (C=O) groups excluding carboxylic acids is 1. The molecule has 0 fully saturated rings. The fourth-order valence-electron chi connectivity index (χ4n) is 2.65. The quantitative estimate of drug-likeness (QED) is 0.714. The van der Waals surface area contributed by atoms with Crippen molar-refractivity contribution in [3.63, 3.8) is 0 Å². The summed E-state index contributed by atoms with van der Waals surface area (Å²) in [5.74, 6) is -1.06. The Hall–Kier alpha value is -2.85. The van der Waals surface area contributed by atoms with Gasteiger partial charge in [0.05, 0.1) is 29.0 Å². The maximum atomic E-state index is 13.0. The number of hydrogen-bond donors (Lipinski definition) is 1. The van der Waals surface area contributed by atoms with E-state index in [4.69, 9.17) is 0 Å². The van der Waals surface area contributed by atoms with Crippen LogP contribution in [0.4, 0.5) is 10.1 Å². The molecule has 10 heteroatoms. The second-order valence-electron chi connectivity index (χ2n) is 6.07. The minimum atomic E-state index is -3.90. The Kier molecular flexibility index (Phi) is 4.94. The molecule has 0 bridgehead atoms. The van der Waals surface area contributed by atoms with Crippen molar-refractivity contribution in [1.29, 1.82) is 0 Å². The Balaban J connectivity index is 1.73. The lowest BCUT2D eigenvalue weighted by Crippen LogP contribution is -2.35. The third-order valence-corrected chi connectivity index (χ3v) is 5.85. The molecule has 0 radical (unpaired) electrons. The van der Waals surface area contributed by atoms with Gasteiger partial charge in [-0.1, -0.05) is 0 Å². The van der Waals surface area contributed by atoms with E-state index in [-0.39, 0.29) is 4.90 Å². The predicted octanol–water partition coefficient (Wildman–Crippen LogP) is 1.68. The Bertz CT molecular complexity index is 1110. The van der Waals surface area contributed by atoms with E-state index in [0.717, 1.165) is 39.7 Å². The lowest BCUT2D eigenvalue weighted by atomic mass is 10.2. The molecule has 0 atom stereocenters. The largest absolute Gasteiger partial charge is 0.324 e. The first kappa shape index (κ1) is 18.9. The summed E-state index contributed by atoms with van der Waals surface area (Å²) in [6.45, 7) is 1.43. The number of nitrogens with zero attached hydrogens (tertiary/aromatic N) is 4. The van der Waals surface area contributed by atoms with Crippen LogP contribution in [0.15, 0.2) is 41.4 Å². The summed E-state index contributed by atoms with van der Waals surface area (Å²) in [5, 5.41) is 7.68. The highest BCUT2D eigenvalue weighted by atomic mass is 32.2. The van der Waals surface area contributed by atoms with E-state index < -0.39 is 28.3 Å². The molecule has 0 spiro atoms. The second-order valence-corrected chi connectivity index (χ2v) is 8.11. The van der Waals surface area contributed by atoms with Crippen LogP contribution < -0.4 is 5.32 Å². The number of benzene rings is 1. The minimum absolute atomic E-state index is 0.0896. The van der Waals surface area contributed by atoms with Crippen LogP contribution in [0.1, 0.15) is 5.69 Å². The molecule has 0 aliphatic carbocycles. The molecule has 0 saturated heterocycles. The third kappa shape index (κ3) is 3.81. The standard InChI is InChI=1S/C17H18FN5O3S/c1-11-15-8-13(9-19-17(15)23(3)21-11)20-16(24)10-22(2)27(25,26)14-6-4-12(18)5-7-14/h4-9H,10H2,1-3H3,(H,20,24). The topological polar surface area (TPSA) is 97.2 Å². The van der Waals surface area contributed by atoms with Gasteiger partial charge in [-0.3, -0.25) is 9.48 Å². The highest BCUT2D eigenvalue weighted by Gasteiger charge is 2.23. The van der Waals surface area contributed by atoms with Gasteiger partial charge in [0.1, 0.15) is 5.82 Å². The van der Waals surface area contributed by atoms with Gasteiger partial charge in [0.2, 0.25) is 15.9 Å². The Morgan fingerprint density at radius 3 is 2.63 bits per heavy atom. The van der Waals surface area contributed by atoms with Crippen molar-refractivity contribution in [3.8, 4) is 0 Å². The summed E-state index contributed by atoms with van der Waals surface area (Å²) in [6.07, 6.45) is 1.48. The molecule has 2 heterocycles. The number of likely N-dealkylation sites (N-methyl/N-ethyl adjacent to an activating group) is 1. The molecular formula is C17H18FN5O3S. The highest BCUT2D eigenvalue weighted by Crippen LogP contribution is 2.19. The molecule has 0 unspecified atom stereocenters. The number of hydrogen-bond acceptors (Lipinski definition) is 5. The van der Waals surface area contributed by atoms with Crippen molar-refractivity contribution < 1.29 is 17.6 Å². The van der Waals surface area contributed by atoms with Gasteiger partial charge in [0, 0.05) is 19.5 Å². The summed E-state index contributed by atoms with van der Waals surface area (Å²) in [4.78, 5) is 16.4. The van der Waals surface area contributed by atoms with E-state index in [2.05, 4.69) is 15.4 Å². The summed E-state index contributed by atoms with van der Waals surface area (Å²) >= 11 is 0. The number of carbonyl (C=O) groups is 1. The van der Waals surface area contributed by atoms with Crippen molar-refractivity contribution in [2.24, 2.45) is 7.05 Å². The van der Waals surface area contributed by atoms with Crippen LogP contribution in [0.25, 0.3) is 11.0 Å². The predicted molar refractivity (Wildman–Crippen MR) is 98.1 cm³/mol. The molecular weight excluding hydrogens is 373 g/mol. The van der Waals surface area contributed by atoms with Gasteiger partial charge in [-0.2, -0.15) is 9.40 Å². The second kappa shape index (κ2) is 7.05. The zero-order chi connectivity index (χ0) is 19.8. The number of pyridine rings is 1. The molecule has 1 N–H and O–H groups in total. The Morgan fingerprint density at radius 2 is 1.96 bits per heavy atom. The molecule has 0 saturated carbocycles. The zero-order valence-electron chi connectivity index (χ0n) is 15.0. The maximum absolute atomic E-state index is 13.0. The van der Waals surface area contributed by atoms with Crippen LogP contribution in [0.5, 0.6) is 0 Å².